The maximum atomic E-state index is 12.9. The van der Waals surface area contributed by atoms with Gasteiger partial charge in [-0.25, -0.2) is 0 Å². The first-order valence-electron chi connectivity index (χ1n) is 8.47. The van der Waals surface area contributed by atoms with Gasteiger partial charge < -0.3 is 14.7 Å². The second kappa shape index (κ2) is 7.46. The number of carbonyl (C=O) groups is 2. The molecule has 1 aliphatic heterocycles. The normalized spacial score (nSPS) is 16.9. The number of rotatable bonds is 6. The van der Waals surface area contributed by atoms with Crippen molar-refractivity contribution in [3.05, 3.63) is 47.6 Å². The van der Waals surface area contributed by atoms with E-state index in [0.717, 1.165) is 12.0 Å². The quantitative estimate of drug-likeness (QED) is 0.868. The van der Waals surface area contributed by atoms with Crippen molar-refractivity contribution in [3.63, 3.8) is 0 Å². The minimum atomic E-state index is -0.200. The van der Waals surface area contributed by atoms with E-state index in [-0.39, 0.29) is 23.8 Å². The van der Waals surface area contributed by atoms with Gasteiger partial charge in [0, 0.05) is 49.9 Å². The molecule has 0 unspecified atom stereocenters. The van der Waals surface area contributed by atoms with Gasteiger partial charge in [0.25, 0.3) is 5.91 Å². The Balaban J connectivity index is 1.78. The maximum Gasteiger partial charge on any atom is 0.276 e. The molecule has 0 saturated carbocycles. The first kappa shape index (κ1) is 17.1. The van der Waals surface area contributed by atoms with Crippen molar-refractivity contribution in [2.24, 2.45) is 0 Å². The third-order valence-corrected chi connectivity index (χ3v) is 4.25. The SMILES string of the molecule is CC(C)c1cc(C(=O)N(Cc2ccncc2)C[C@@H]2CCC(=O)N2)no1. The van der Waals surface area contributed by atoms with Crippen LogP contribution in [0.4, 0.5) is 0 Å². The highest BCUT2D eigenvalue weighted by Gasteiger charge is 2.27. The van der Waals surface area contributed by atoms with Crippen molar-refractivity contribution in [2.45, 2.75) is 45.2 Å². The summed E-state index contributed by atoms with van der Waals surface area (Å²) in [4.78, 5) is 30.1. The van der Waals surface area contributed by atoms with Crippen LogP contribution in [0.5, 0.6) is 0 Å². The van der Waals surface area contributed by atoms with E-state index < -0.39 is 0 Å². The van der Waals surface area contributed by atoms with Crippen LogP contribution in [0.3, 0.4) is 0 Å². The van der Waals surface area contributed by atoms with Gasteiger partial charge in [0.15, 0.2) is 5.69 Å². The van der Waals surface area contributed by atoms with E-state index in [0.29, 0.717) is 31.0 Å². The molecule has 132 valence electrons. The lowest BCUT2D eigenvalue weighted by atomic mass is 10.1. The molecule has 25 heavy (non-hydrogen) atoms. The molecule has 2 aromatic rings. The first-order chi connectivity index (χ1) is 12.0. The smallest absolute Gasteiger partial charge is 0.276 e. The van der Waals surface area contributed by atoms with Gasteiger partial charge in [-0.1, -0.05) is 19.0 Å². The van der Waals surface area contributed by atoms with Crippen LogP contribution in [0.15, 0.2) is 35.1 Å². The second-order valence-electron chi connectivity index (χ2n) is 6.61. The highest BCUT2D eigenvalue weighted by Crippen LogP contribution is 2.18. The van der Waals surface area contributed by atoms with E-state index in [1.165, 1.54) is 0 Å². The summed E-state index contributed by atoms with van der Waals surface area (Å²) < 4.78 is 5.26. The molecule has 0 spiro atoms. The molecule has 0 radical (unpaired) electrons. The molecule has 7 nitrogen and oxygen atoms in total. The molecule has 7 heteroatoms. The van der Waals surface area contributed by atoms with Crippen LogP contribution >= 0.6 is 0 Å². The zero-order valence-electron chi connectivity index (χ0n) is 14.4. The lowest BCUT2D eigenvalue weighted by molar-refractivity contribution is -0.119. The molecule has 1 saturated heterocycles. The Kier molecular flexibility index (Phi) is 5.11. The van der Waals surface area contributed by atoms with Crippen LogP contribution in [0.25, 0.3) is 0 Å². The Morgan fingerprint density at radius 1 is 1.40 bits per heavy atom. The minimum Gasteiger partial charge on any atom is -0.360 e. The molecular weight excluding hydrogens is 320 g/mol. The summed E-state index contributed by atoms with van der Waals surface area (Å²) >= 11 is 0. The summed E-state index contributed by atoms with van der Waals surface area (Å²) in [5.41, 5.74) is 1.27. The van der Waals surface area contributed by atoms with Crippen LogP contribution in [0, 0.1) is 0 Å². The number of nitrogens with zero attached hydrogens (tertiary/aromatic N) is 3. The summed E-state index contributed by atoms with van der Waals surface area (Å²) in [6.07, 6.45) is 4.63. The maximum absolute atomic E-state index is 12.9. The number of nitrogens with one attached hydrogen (secondary N) is 1. The second-order valence-corrected chi connectivity index (χ2v) is 6.61. The predicted octanol–water partition coefficient (Wildman–Crippen LogP) is 2.11. The topological polar surface area (TPSA) is 88.3 Å². The van der Waals surface area contributed by atoms with Crippen molar-refractivity contribution >= 4 is 11.8 Å². The van der Waals surface area contributed by atoms with E-state index in [1.807, 2.05) is 26.0 Å². The first-order valence-corrected chi connectivity index (χ1v) is 8.47. The lowest BCUT2D eigenvalue weighted by Crippen LogP contribution is -2.41. The summed E-state index contributed by atoms with van der Waals surface area (Å²) in [7, 11) is 0. The Morgan fingerprint density at radius 3 is 2.76 bits per heavy atom. The monoisotopic (exact) mass is 342 g/mol. The lowest BCUT2D eigenvalue weighted by Gasteiger charge is -2.25. The summed E-state index contributed by atoms with van der Waals surface area (Å²) in [6, 6.07) is 5.40. The number of carbonyl (C=O) groups excluding carboxylic acids is 2. The predicted molar refractivity (Wildman–Crippen MR) is 90.7 cm³/mol. The van der Waals surface area contributed by atoms with E-state index in [9.17, 15) is 9.59 Å². The molecule has 1 aliphatic rings. The standard InChI is InChI=1S/C18H22N4O3/c1-12(2)16-9-15(21-25-16)18(24)22(10-13-5-7-19-8-6-13)11-14-3-4-17(23)20-14/h5-9,12,14H,3-4,10-11H2,1-2H3,(H,20,23)/t14-/m0/s1. The fraction of sp³-hybridized carbons (Fsp3) is 0.444. The minimum absolute atomic E-state index is 0.0323. The van der Waals surface area contributed by atoms with Crippen LogP contribution in [0.1, 0.15) is 54.4 Å². The van der Waals surface area contributed by atoms with Gasteiger partial charge in [-0.05, 0) is 24.1 Å². The molecule has 1 N–H and O–H groups in total. The molecule has 0 aliphatic carbocycles. The van der Waals surface area contributed by atoms with Gasteiger partial charge in [-0.2, -0.15) is 0 Å². The van der Waals surface area contributed by atoms with Crippen LogP contribution < -0.4 is 5.32 Å². The van der Waals surface area contributed by atoms with E-state index in [2.05, 4.69) is 15.5 Å². The largest absolute Gasteiger partial charge is 0.360 e. The van der Waals surface area contributed by atoms with Crippen molar-refractivity contribution in [1.82, 2.24) is 20.4 Å². The van der Waals surface area contributed by atoms with E-state index in [4.69, 9.17) is 4.52 Å². The molecule has 3 rings (SSSR count). The molecule has 0 aromatic carbocycles. The van der Waals surface area contributed by atoms with E-state index >= 15 is 0 Å². The fourth-order valence-corrected chi connectivity index (χ4v) is 2.83. The molecule has 1 fully saturated rings. The van der Waals surface area contributed by atoms with Crippen molar-refractivity contribution in [2.75, 3.05) is 6.54 Å². The number of amides is 2. The number of hydrogen-bond acceptors (Lipinski definition) is 5. The highest BCUT2D eigenvalue weighted by atomic mass is 16.5. The van der Waals surface area contributed by atoms with Gasteiger partial charge >= 0.3 is 0 Å². The summed E-state index contributed by atoms with van der Waals surface area (Å²) in [6.45, 7) is 4.84. The third-order valence-electron chi connectivity index (χ3n) is 4.25. The molecule has 2 aromatic heterocycles. The molecule has 1 atom stereocenters. The van der Waals surface area contributed by atoms with Crippen molar-refractivity contribution in [3.8, 4) is 0 Å². The van der Waals surface area contributed by atoms with Crippen molar-refractivity contribution < 1.29 is 14.1 Å². The van der Waals surface area contributed by atoms with Gasteiger partial charge in [0.05, 0.1) is 0 Å². The molecule has 0 bridgehead atoms. The van der Waals surface area contributed by atoms with Crippen LogP contribution in [0.2, 0.25) is 0 Å². The van der Waals surface area contributed by atoms with Gasteiger partial charge in [-0.3, -0.25) is 14.6 Å². The summed E-state index contributed by atoms with van der Waals surface area (Å²) in [5, 5.41) is 6.83. The Labute approximate surface area is 146 Å². The number of aromatic nitrogens is 2. The number of hydrogen-bond donors (Lipinski definition) is 1. The Hall–Kier alpha value is -2.70. The van der Waals surface area contributed by atoms with Crippen LogP contribution in [-0.4, -0.2) is 39.4 Å². The Morgan fingerprint density at radius 2 is 2.16 bits per heavy atom. The molecular formula is C18H22N4O3. The van der Waals surface area contributed by atoms with Crippen LogP contribution in [-0.2, 0) is 11.3 Å². The highest BCUT2D eigenvalue weighted by molar-refractivity contribution is 5.92. The Bertz CT molecular complexity index is 742. The van der Waals surface area contributed by atoms with Crippen molar-refractivity contribution in [1.29, 1.82) is 0 Å². The van der Waals surface area contributed by atoms with Gasteiger partial charge in [0.2, 0.25) is 5.91 Å². The van der Waals surface area contributed by atoms with E-state index in [1.54, 1.807) is 23.4 Å². The number of pyridine rings is 1. The van der Waals surface area contributed by atoms with Gasteiger partial charge in [-0.15, -0.1) is 0 Å². The average molecular weight is 342 g/mol. The fourth-order valence-electron chi connectivity index (χ4n) is 2.83. The molecule has 2 amide bonds. The zero-order valence-corrected chi connectivity index (χ0v) is 14.4. The van der Waals surface area contributed by atoms with Gasteiger partial charge in [0.1, 0.15) is 5.76 Å². The zero-order chi connectivity index (χ0) is 17.8. The third kappa shape index (κ3) is 4.23. The molecule has 3 heterocycles. The average Bonchev–Trinajstić information content (AvgIpc) is 3.24. The summed E-state index contributed by atoms with van der Waals surface area (Å²) in [5.74, 6) is 0.677.